The van der Waals surface area contributed by atoms with Crippen molar-refractivity contribution in [2.24, 2.45) is 0 Å². The molecule has 1 amide bonds. The largest absolute Gasteiger partial charge is 0.325 e. The Morgan fingerprint density at radius 1 is 1.10 bits per heavy atom. The summed E-state index contributed by atoms with van der Waals surface area (Å²) in [6.07, 6.45) is 3.42. The molecule has 2 aromatic carbocycles. The minimum atomic E-state index is -0.318. The van der Waals surface area contributed by atoms with E-state index in [1.807, 2.05) is 28.9 Å². The van der Waals surface area contributed by atoms with E-state index in [1.165, 1.54) is 10.8 Å². The summed E-state index contributed by atoms with van der Waals surface area (Å²) in [6.45, 7) is -0.0937. The van der Waals surface area contributed by atoms with Gasteiger partial charge in [0.15, 0.2) is 5.82 Å². The highest BCUT2D eigenvalue weighted by Crippen LogP contribution is 2.36. The van der Waals surface area contributed by atoms with Gasteiger partial charge >= 0.3 is 0 Å². The fourth-order valence-corrected chi connectivity index (χ4v) is 3.27. The standard InChI is InChI=1S/C20H17N7O2/c28-18(12-26-17-4-2-1-3-16(17)21-11-19(26)29)22-14-7-5-13(6-8-14)20-23-24-25-27(20)15-9-10-15/h1-8,11,15H,9-10,12H2,(H,22,28). The van der Waals surface area contributed by atoms with Crippen molar-refractivity contribution in [1.82, 2.24) is 29.8 Å². The minimum Gasteiger partial charge on any atom is -0.325 e. The number of carbonyl (C=O) groups excluding carboxylic acids is 1. The summed E-state index contributed by atoms with van der Waals surface area (Å²) >= 11 is 0. The molecule has 0 aliphatic heterocycles. The molecule has 0 atom stereocenters. The van der Waals surface area contributed by atoms with E-state index in [0.29, 0.717) is 22.8 Å². The molecule has 4 aromatic rings. The Bertz CT molecular complexity index is 1260. The van der Waals surface area contributed by atoms with Crippen molar-refractivity contribution in [1.29, 1.82) is 0 Å². The zero-order chi connectivity index (χ0) is 19.8. The van der Waals surface area contributed by atoms with Crippen LogP contribution in [0, 0.1) is 0 Å². The van der Waals surface area contributed by atoms with E-state index < -0.39 is 0 Å². The van der Waals surface area contributed by atoms with Crippen LogP contribution in [-0.2, 0) is 11.3 Å². The fraction of sp³-hybridized carbons (Fsp3) is 0.200. The van der Waals surface area contributed by atoms with E-state index in [9.17, 15) is 9.59 Å². The Morgan fingerprint density at radius 3 is 2.69 bits per heavy atom. The van der Waals surface area contributed by atoms with Crippen molar-refractivity contribution in [3.63, 3.8) is 0 Å². The van der Waals surface area contributed by atoms with Gasteiger partial charge in [-0.15, -0.1) is 5.10 Å². The first kappa shape index (κ1) is 17.2. The molecule has 1 saturated carbocycles. The summed E-state index contributed by atoms with van der Waals surface area (Å²) in [5.74, 6) is 0.430. The fourth-order valence-electron chi connectivity index (χ4n) is 3.27. The van der Waals surface area contributed by atoms with Crippen molar-refractivity contribution < 1.29 is 4.79 Å². The molecule has 1 N–H and O–H groups in total. The molecule has 9 nitrogen and oxygen atoms in total. The zero-order valence-electron chi connectivity index (χ0n) is 15.4. The van der Waals surface area contributed by atoms with Gasteiger partial charge < -0.3 is 5.32 Å². The van der Waals surface area contributed by atoms with Crippen molar-refractivity contribution in [2.75, 3.05) is 5.32 Å². The third-order valence-corrected chi connectivity index (χ3v) is 4.87. The molecule has 1 aliphatic carbocycles. The average molecular weight is 387 g/mol. The normalized spacial score (nSPS) is 13.5. The van der Waals surface area contributed by atoms with Gasteiger partial charge in [0.2, 0.25) is 5.91 Å². The Hall–Kier alpha value is -3.88. The molecule has 0 saturated heterocycles. The molecule has 2 aromatic heterocycles. The first-order valence-corrected chi connectivity index (χ1v) is 9.32. The van der Waals surface area contributed by atoms with Gasteiger partial charge in [0, 0.05) is 11.3 Å². The second-order valence-electron chi connectivity index (χ2n) is 6.98. The van der Waals surface area contributed by atoms with Crippen molar-refractivity contribution in [3.8, 4) is 11.4 Å². The van der Waals surface area contributed by atoms with Gasteiger partial charge in [0.25, 0.3) is 5.56 Å². The van der Waals surface area contributed by atoms with Crippen LogP contribution in [0.3, 0.4) is 0 Å². The van der Waals surface area contributed by atoms with E-state index in [4.69, 9.17) is 0 Å². The zero-order valence-corrected chi connectivity index (χ0v) is 15.4. The number of nitrogens with one attached hydrogen (secondary N) is 1. The van der Waals surface area contributed by atoms with Crippen LogP contribution < -0.4 is 10.9 Å². The number of tetrazole rings is 1. The van der Waals surface area contributed by atoms with E-state index >= 15 is 0 Å². The van der Waals surface area contributed by atoms with Crippen molar-refractivity contribution >= 4 is 22.6 Å². The maximum absolute atomic E-state index is 12.5. The molecular formula is C20H17N7O2. The molecule has 1 aliphatic rings. The third kappa shape index (κ3) is 3.38. The van der Waals surface area contributed by atoms with Gasteiger partial charge in [-0.05, 0) is 59.7 Å². The molecule has 0 spiro atoms. The predicted octanol–water partition coefficient (Wildman–Crippen LogP) is 2.02. The maximum Gasteiger partial charge on any atom is 0.269 e. The predicted molar refractivity (Wildman–Crippen MR) is 106 cm³/mol. The van der Waals surface area contributed by atoms with E-state index in [1.54, 1.807) is 24.3 Å². The van der Waals surface area contributed by atoms with E-state index in [-0.39, 0.29) is 18.0 Å². The second-order valence-corrected chi connectivity index (χ2v) is 6.98. The SMILES string of the molecule is O=C(Cn1c(=O)cnc2ccccc21)Nc1ccc(-c2nnnn2C2CC2)cc1. The maximum atomic E-state index is 12.5. The molecule has 144 valence electrons. The molecule has 1 fully saturated rings. The Morgan fingerprint density at radius 2 is 1.90 bits per heavy atom. The number of carbonyl (C=O) groups is 1. The molecule has 0 unspecified atom stereocenters. The van der Waals surface area contributed by atoms with Crippen LogP contribution >= 0.6 is 0 Å². The summed E-state index contributed by atoms with van der Waals surface area (Å²) < 4.78 is 3.25. The van der Waals surface area contributed by atoms with Crippen LogP contribution in [0.5, 0.6) is 0 Å². The van der Waals surface area contributed by atoms with Crippen LogP contribution in [0.1, 0.15) is 18.9 Å². The summed E-state index contributed by atoms with van der Waals surface area (Å²) in [5, 5.41) is 14.8. The lowest BCUT2D eigenvalue weighted by atomic mass is 10.2. The summed E-state index contributed by atoms with van der Waals surface area (Å²) in [4.78, 5) is 28.8. The number of nitrogens with zero attached hydrogens (tertiary/aromatic N) is 6. The molecule has 0 radical (unpaired) electrons. The van der Waals surface area contributed by atoms with Gasteiger partial charge in [0.05, 0.1) is 23.3 Å². The lowest BCUT2D eigenvalue weighted by Crippen LogP contribution is -2.27. The van der Waals surface area contributed by atoms with Gasteiger partial charge in [-0.2, -0.15) is 0 Å². The number of rotatable bonds is 5. The van der Waals surface area contributed by atoms with Crippen LogP contribution in [0.2, 0.25) is 0 Å². The van der Waals surface area contributed by atoms with Crippen LogP contribution in [0.25, 0.3) is 22.4 Å². The molecular weight excluding hydrogens is 370 g/mol. The second kappa shape index (κ2) is 6.93. The number of para-hydroxylation sites is 2. The summed E-state index contributed by atoms with van der Waals surface area (Å²) in [7, 11) is 0. The topological polar surface area (TPSA) is 108 Å². The number of hydrogen-bond donors (Lipinski definition) is 1. The Labute approximate surface area is 165 Å². The monoisotopic (exact) mass is 387 g/mol. The van der Waals surface area contributed by atoms with E-state index in [0.717, 1.165) is 24.2 Å². The molecule has 29 heavy (non-hydrogen) atoms. The smallest absolute Gasteiger partial charge is 0.269 e. The van der Waals surface area contributed by atoms with Gasteiger partial charge in [0.1, 0.15) is 6.54 Å². The number of fused-ring (bicyclic) bond motifs is 1. The molecule has 9 heteroatoms. The van der Waals surface area contributed by atoms with Crippen molar-refractivity contribution in [3.05, 3.63) is 65.1 Å². The van der Waals surface area contributed by atoms with Crippen LogP contribution in [-0.4, -0.2) is 35.7 Å². The highest BCUT2D eigenvalue weighted by molar-refractivity contribution is 5.91. The van der Waals surface area contributed by atoms with Gasteiger partial charge in [-0.1, -0.05) is 12.1 Å². The first-order valence-electron chi connectivity index (χ1n) is 9.32. The molecule has 2 heterocycles. The van der Waals surface area contributed by atoms with Gasteiger partial charge in [-0.3, -0.25) is 14.2 Å². The first-order chi connectivity index (χ1) is 14.2. The number of aromatic nitrogens is 6. The highest BCUT2D eigenvalue weighted by atomic mass is 16.2. The summed E-state index contributed by atoms with van der Waals surface area (Å²) in [5.41, 5.74) is 2.49. The number of anilines is 1. The van der Waals surface area contributed by atoms with E-state index in [2.05, 4.69) is 25.8 Å². The molecule has 0 bridgehead atoms. The van der Waals surface area contributed by atoms with Crippen molar-refractivity contribution in [2.45, 2.75) is 25.4 Å². The Balaban J connectivity index is 1.33. The lowest BCUT2D eigenvalue weighted by molar-refractivity contribution is -0.116. The van der Waals surface area contributed by atoms with Crippen LogP contribution in [0.15, 0.2) is 59.5 Å². The third-order valence-electron chi connectivity index (χ3n) is 4.87. The molecule has 5 rings (SSSR count). The average Bonchev–Trinajstić information content (AvgIpc) is 3.47. The lowest BCUT2D eigenvalue weighted by Gasteiger charge is -2.10. The van der Waals surface area contributed by atoms with Gasteiger partial charge in [-0.25, -0.2) is 9.67 Å². The number of benzene rings is 2. The number of hydrogen-bond acceptors (Lipinski definition) is 6. The summed E-state index contributed by atoms with van der Waals surface area (Å²) in [6, 6.07) is 14.9. The quantitative estimate of drug-likeness (QED) is 0.561. The highest BCUT2D eigenvalue weighted by Gasteiger charge is 2.28. The van der Waals surface area contributed by atoms with Crippen LogP contribution in [0.4, 0.5) is 5.69 Å². The Kier molecular flexibility index (Phi) is 4.12. The number of amides is 1. The minimum absolute atomic E-state index is 0.0937.